The number of aryl methyl sites for hydroxylation is 1. The number of aromatic nitrogens is 3. The molecule has 2 unspecified atom stereocenters. The van der Waals surface area contributed by atoms with Gasteiger partial charge in [-0.25, -0.2) is 9.78 Å². The van der Waals surface area contributed by atoms with Gasteiger partial charge in [-0.3, -0.25) is 8.78 Å². The molecule has 0 aliphatic heterocycles. The fourth-order valence-corrected chi connectivity index (χ4v) is 7.70. The van der Waals surface area contributed by atoms with E-state index in [2.05, 4.69) is 25.7 Å². The van der Waals surface area contributed by atoms with Crippen molar-refractivity contribution in [1.82, 2.24) is 14.1 Å². The molecule has 0 bridgehead atoms. The summed E-state index contributed by atoms with van der Waals surface area (Å²) in [5.74, 6) is 1.45. The lowest BCUT2D eigenvalue weighted by atomic mass is 9.80. The van der Waals surface area contributed by atoms with Crippen molar-refractivity contribution >= 4 is 46.9 Å². The summed E-state index contributed by atoms with van der Waals surface area (Å²) in [4.78, 5) is 18.6. The summed E-state index contributed by atoms with van der Waals surface area (Å²) in [5, 5.41) is 10.5. The SMILES string of the molecule is COc1cc(C)c2c(ccn2C(=O)OC(C)(C)C)c1C(C)(CS(=O)C(C)(C)C)c1nc2cc(C#N)ccc2n1COCC[Si](C)(C)C. The predicted octanol–water partition coefficient (Wildman–Crippen LogP) is 8.13. The average molecular weight is 679 g/mol. The van der Waals surface area contributed by atoms with Gasteiger partial charge in [0.2, 0.25) is 0 Å². The van der Waals surface area contributed by atoms with Crippen LogP contribution in [0.1, 0.15) is 71.0 Å². The van der Waals surface area contributed by atoms with E-state index in [0.29, 0.717) is 34.8 Å². The molecule has 4 rings (SSSR count). The topological polar surface area (TPSA) is 108 Å². The van der Waals surface area contributed by atoms with Gasteiger partial charge in [0.05, 0.1) is 40.7 Å². The molecule has 2 aromatic heterocycles. The van der Waals surface area contributed by atoms with Gasteiger partial charge in [-0.15, -0.1) is 0 Å². The number of hydrogen-bond acceptors (Lipinski definition) is 7. The van der Waals surface area contributed by atoms with Crippen LogP contribution in [0.3, 0.4) is 0 Å². The summed E-state index contributed by atoms with van der Waals surface area (Å²) < 4.78 is 35.4. The third kappa shape index (κ3) is 7.82. The van der Waals surface area contributed by atoms with Gasteiger partial charge in [0.15, 0.2) is 0 Å². The van der Waals surface area contributed by atoms with Crippen LogP contribution >= 0.6 is 0 Å². The Labute approximate surface area is 282 Å². The first-order valence-corrected chi connectivity index (χ1v) is 21.0. The van der Waals surface area contributed by atoms with Crippen LogP contribution in [0.25, 0.3) is 21.9 Å². The maximum absolute atomic E-state index is 14.2. The number of nitrogens with zero attached hydrogens (tertiary/aromatic N) is 4. The number of rotatable bonds is 10. The van der Waals surface area contributed by atoms with Crippen LogP contribution in [-0.2, 0) is 32.4 Å². The highest BCUT2D eigenvalue weighted by Gasteiger charge is 2.43. The molecule has 0 fully saturated rings. The highest BCUT2D eigenvalue weighted by atomic mass is 32.2. The molecule has 2 aromatic carbocycles. The fraction of sp³-hybridized carbons (Fsp3) is 0.528. The van der Waals surface area contributed by atoms with Crippen LogP contribution in [0.4, 0.5) is 4.79 Å². The van der Waals surface area contributed by atoms with Crippen molar-refractivity contribution in [1.29, 1.82) is 5.26 Å². The summed E-state index contributed by atoms with van der Waals surface area (Å²) in [6, 6.07) is 12.5. The largest absolute Gasteiger partial charge is 0.496 e. The zero-order chi connectivity index (χ0) is 35.1. The number of hydrogen-bond donors (Lipinski definition) is 0. The van der Waals surface area contributed by atoms with Crippen LogP contribution in [0.2, 0.25) is 25.7 Å². The highest BCUT2D eigenvalue weighted by molar-refractivity contribution is 7.86. The summed E-state index contributed by atoms with van der Waals surface area (Å²) in [6.45, 7) is 23.2. The third-order valence-corrected chi connectivity index (χ3v) is 12.1. The molecular formula is C36H50N4O5SSi. The maximum Gasteiger partial charge on any atom is 0.419 e. The summed E-state index contributed by atoms with van der Waals surface area (Å²) in [7, 11) is -1.05. The predicted molar refractivity (Wildman–Crippen MR) is 193 cm³/mol. The van der Waals surface area contributed by atoms with Crippen molar-refractivity contribution in [3.8, 4) is 11.8 Å². The molecular weight excluding hydrogens is 629 g/mol. The molecule has 0 radical (unpaired) electrons. The monoisotopic (exact) mass is 678 g/mol. The zero-order valence-electron chi connectivity index (χ0n) is 30.0. The second-order valence-corrected chi connectivity index (χ2v) is 23.5. The van der Waals surface area contributed by atoms with E-state index in [1.165, 1.54) is 4.57 Å². The van der Waals surface area contributed by atoms with E-state index in [1.54, 1.807) is 25.4 Å². The standard InChI is InChI=1S/C36H50N4O5SSi/c1-24-19-29(43-9)30(26-15-16-39(31(24)26)33(41)45-34(2,3)4)36(8,22-46(42)35(5,6)7)32-38-27-20-25(21-37)13-14-28(27)40(32)23-44-17-18-47(10,11)12/h13-16,19-20H,17-18,22-23H2,1-12H3. The van der Waals surface area contributed by atoms with E-state index in [9.17, 15) is 14.3 Å². The smallest absolute Gasteiger partial charge is 0.419 e. The van der Waals surface area contributed by atoms with Gasteiger partial charge in [-0.1, -0.05) is 19.6 Å². The van der Waals surface area contributed by atoms with Crippen LogP contribution in [0, 0.1) is 18.3 Å². The molecule has 0 spiro atoms. The van der Waals surface area contributed by atoms with Gasteiger partial charge in [-0.05, 0) is 97.3 Å². The molecule has 9 nitrogen and oxygen atoms in total. The van der Waals surface area contributed by atoms with Crippen molar-refractivity contribution < 1.29 is 23.2 Å². The number of imidazole rings is 1. The van der Waals surface area contributed by atoms with Crippen LogP contribution in [0.5, 0.6) is 5.75 Å². The minimum Gasteiger partial charge on any atom is -0.496 e. The molecule has 0 aliphatic carbocycles. The van der Waals surface area contributed by atoms with Crippen molar-refractivity contribution in [2.24, 2.45) is 0 Å². The first-order valence-electron chi connectivity index (χ1n) is 16.0. The number of nitriles is 1. The number of fused-ring (bicyclic) bond motifs is 2. The van der Waals surface area contributed by atoms with Gasteiger partial charge in [-0.2, -0.15) is 5.26 Å². The molecule has 2 atom stereocenters. The number of methoxy groups -OCH3 is 1. The summed E-state index contributed by atoms with van der Waals surface area (Å²) >= 11 is 0. The minimum atomic E-state index is -1.34. The summed E-state index contributed by atoms with van der Waals surface area (Å²) in [5.41, 5.74) is 2.56. The summed E-state index contributed by atoms with van der Waals surface area (Å²) in [6.07, 6.45) is 1.23. The van der Waals surface area contributed by atoms with E-state index < -0.39 is 40.7 Å². The molecule has 254 valence electrons. The Bertz CT molecular complexity index is 1870. The third-order valence-electron chi connectivity index (χ3n) is 8.18. The van der Waals surface area contributed by atoms with E-state index in [-0.39, 0.29) is 12.5 Å². The molecule has 4 aromatic rings. The second kappa shape index (κ2) is 13.2. The van der Waals surface area contributed by atoms with Crippen LogP contribution in [0.15, 0.2) is 36.5 Å². The zero-order valence-corrected chi connectivity index (χ0v) is 31.8. The second-order valence-electron chi connectivity index (χ2n) is 15.7. The van der Waals surface area contributed by atoms with E-state index in [1.807, 2.05) is 78.2 Å². The van der Waals surface area contributed by atoms with Crippen LogP contribution < -0.4 is 4.74 Å². The number of carbonyl (C=O) groups is 1. The Morgan fingerprint density at radius 3 is 2.32 bits per heavy atom. The van der Waals surface area contributed by atoms with E-state index >= 15 is 0 Å². The first kappa shape index (κ1) is 36.4. The lowest BCUT2D eigenvalue weighted by molar-refractivity contribution is 0.0544. The Morgan fingerprint density at radius 1 is 1.06 bits per heavy atom. The highest BCUT2D eigenvalue weighted by Crippen LogP contribution is 2.45. The first-order chi connectivity index (χ1) is 21.7. The Kier molecular flexibility index (Phi) is 10.2. The Balaban J connectivity index is 2.06. The molecule has 11 heteroatoms. The number of carbonyl (C=O) groups excluding carboxylic acids is 1. The Morgan fingerprint density at radius 2 is 1.74 bits per heavy atom. The van der Waals surface area contributed by atoms with Gasteiger partial charge in [0, 0.05) is 53.1 Å². The lowest BCUT2D eigenvalue weighted by Gasteiger charge is -2.34. The van der Waals surface area contributed by atoms with Crippen molar-refractivity contribution in [2.45, 2.75) is 104 Å². The molecule has 2 heterocycles. The Hall–Kier alpha value is -3.46. The van der Waals surface area contributed by atoms with Gasteiger partial charge in [0.25, 0.3) is 0 Å². The molecule has 0 aliphatic rings. The van der Waals surface area contributed by atoms with Gasteiger partial charge < -0.3 is 18.8 Å². The lowest BCUT2D eigenvalue weighted by Crippen LogP contribution is -2.39. The molecule has 0 N–H and O–H groups in total. The number of benzene rings is 2. The normalized spacial score (nSPS) is 14.6. The van der Waals surface area contributed by atoms with Crippen molar-refractivity contribution in [3.63, 3.8) is 0 Å². The fourth-order valence-electron chi connectivity index (χ4n) is 5.71. The molecule has 0 amide bonds. The number of ether oxygens (including phenoxy) is 3. The van der Waals surface area contributed by atoms with Crippen molar-refractivity contribution in [2.75, 3.05) is 19.5 Å². The molecule has 0 saturated heterocycles. The van der Waals surface area contributed by atoms with E-state index in [0.717, 1.165) is 28.1 Å². The molecule has 47 heavy (non-hydrogen) atoms. The van der Waals surface area contributed by atoms with Crippen LogP contribution in [-0.4, -0.2) is 62.3 Å². The van der Waals surface area contributed by atoms with E-state index in [4.69, 9.17) is 19.2 Å². The van der Waals surface area contributed by atoms with Crippen molar-refractivity contribution in [3.05, 3.63) is 59.0 Å². The molecule has 0 saturated carbocycles. The minimum absolute atomic E-state index is 0.214. The maximum atomic E-state index is 14.2. The quantitative estimate of drug-likeness (QED) is 0.123. The van der Waals surface area contributed by atoms with Gasteiger partial charge >= 0.3 is 6.09 Å². The van der Waals surface area contributed by atoms with Gasteiger partial charge in [0.1, 0.15) is 23.9 Å². The average Bonchev–Trinajstić information content (AvgIpc) is 3.55.